The second-order valence-corrected chi connectivity index (χ2v) is 6.88. The van der Waals surface area contributed by atoms with Crippen molar-refractivity contribution >= 4 is 17.3 Å². The quantitative estimate of drug-likeness (QED) is 0.477. The van der Waals surface area contributed by atoms with Gasteiger partial charge in [0.05, 0.1) is 11.6 Å². The zero-order valence-corrected chi connectivity index (χ0v) is 16.7. The third-order valence-electron chi connectivity index (χ3n) is 4.18. The van der Waals surface area contributed by atoms with Gasteiger partial charge in [0, 0.05) is 12.2 Å². The normalized spacial score (nSPS) is 10.6. The molecule has 0 aliphatic carbocycles. The summed E-state index contributed by atoms with van der Waals surface area (Å²) in [6.07, 6.45) is 0. The lowest BCUT2D eigenvalue weighted by atomic mass is 10.1. The van der Waals surface area contributed by atoms with Crippen LogP contribution in [0, 0.1) is 12.7 Å². The number of hydrogen-bond acceptors (Lipinski definition) is 3. The van der Waals surface area contributed by atoms with Crippen LogP contribution >= 0.6 is 11.6 Å². The molecule has 3 rings (SSSR count). The zero-order chi connectivity index (χ0) is 19.9. The molecule has 0 saturated carbocycles. The summed E-state index contributed by atoms with van der Waals surface area (Å²) in [4.78, 5) is 0. The molecule has 0 unspecified atom stereocenters. The maximum atomic E-state index is 13.0. The van der Waals surface area contributed by atoms with Crippen molar-refractivity contribution in [3.8, 4) is 11.5 Å². The molecule has 0 saturated heterocycles. The minimum atomic E-state index is -0.262. The Labute approximate surface area is 170 Å². The molecule has 3 aromatic carbocycles. The Morgan fingerprint density at radius 1 is 0.964 bits per heavy atom. The summed E-state index contributed by atoms with van der Waals surface area (Å²) in [7, 11) is 0. The van der Waals surface area contributed by atoms with Gasteiger partial charge in [-0.25, -0.2) is 4.39 Å². The summed E-state index contributed by atoms with van der Waals surface area (Å²) in [5.74, 6) is 0.886. The molecule has 0 atom stereocenters. The van der Waals surface area contributed by atoms with Crippen LogP contribution in [0.2, 0.25) is 5.02 Å². The SMILES string of the molecule is CCOc1cc(CNc2ccc(F)cc2)cc(Cl)c1OCc1cccc(C)c1. The van der Waals surface area contributed by atoms with E-state index in [4.69, 9.17) is 21.1 Å². The molecule has 3 aromatic rings. The molecular formula is C23H23ClFNO2. The summed E-state index contributed by atoms with van der Waals surface area (Å²) in [5, 5.41) is 3.74. The van der Waals surface area contributed by atoms with Crippen molar-refractivity contribution in [3.63, 3.8) is 0 Å². The van der Waals surface area contributed by atoms with E-state index in [0.29, 0.717) is 36.3 Å². The van der Waals surface area contributed by atoms with Gasteiger partial charge >= 0.3 is 0 Å². The van der Waals surface area contributed by atoms with E-state index < -0.39 is 0 Å². The highest BCUT2D eigenvalue weighted by molar-refractivity contribution is 6.32. The van der Waals surface area contributed by atoms with Crippen LogP contribution in [0.5, 0.6) is 11.5 Å². The Morgan fingerprint density at radius 3 is 2.46 bits per heavy atom. The van der Waals surface area contributed by atoms with Crippen molar-refractivity contribution in [1.29, 1.82) is 0 Å². The fourth-order valence-corrected chi connectivity index (χ4v) is 3.14. The number of aryl methyl sites for hydroxylation is 1. The van der Waals surface area contributed by atoms with Crippen molar-refractivity contribution in [2.75, 3.05) is 11.9 Å². The average molecular weight is 400 g/mol. The molecule has 1 N–H and O–H groups in total. The van der Waals surface area contributed by atoms with Crippen molar-refractivity contribution < 1.29 is 13.9 Å². The van der Waals surface area contributed by atoms with Gasteiger partial charge < -0.3 is 14.8 Å². The zero-order valence-electron chi connectivity index (χ0n) is 16.0. The van der Waals surface area contributed by atoms with Gasteiger partial charge in [0.25, 0.3) is 0 Å². The summed E-state index contributed by atoms with van der Waals surface area (Å²) >= 11 is 6.49. The number of benzene rings is 3. The average Bonchev–Trinajstić information content (AvgIpc) is 2.67. The highest BCUT2D eigenvalue weighted by Gasteiger charge is 2.13. The molecule has 28 heavy (non-hydrogen) atoms. The summed E-state index contributed by atoms with van der Waals surface area (Å²) in [6, 6.07) is 18.1. The number of rotatable bonds is 8. The van der Waals surface area contributed by atoms with Gasteiger partial charge in [-0.2, -0.15) is 0 Å². The van der Waals surface area contributed by atoms with E-state index in [-0.39, 0.29) is 5.82 Å². The first-order valence-electron chi connectivity index (χ1n) is 9.18. The van der Waals surface area contributed by atoms with Gasteiger partial charge in [-0.15, -0.1) is 0 Å². The largest absolute Gasteiger partial charge is 0.490 e. The molecule has 0 heterocycles. The van der Waals surface area contributed by atoms with Crippen LogP contribution in [0.3, 0.4) is 0 Å². The van der Waals surface area contributed by atoms with Gasteiger partial charge in [0.1, 0.15) is 12.4 Å². The standard InChI is InChI=1S/C23H23ClFNO2/c1-3-27-22-13-18(14-26-20-9-7-19(25)8-10-20)12-21(24)23(22)28-15-17-6-4-5-16(2)11-17/h4-13,26H,3,14-15H2,1-2H3. The highest BCUT2D eigenvalue weighted by atomic mass is 35.5. The first-order valence-corrected chi connectivity index (χ1v) is 9.56. The smallest absolute Gasteiger partial charge is 0.180 e. The van der Waals surface area contributed by atoms with Crippen molar-refractivity contribution in [1.82, 2.24) is 0 Å². The maximum Gasteiger partial charge on any atom is 0.180 e. The fourth-order valence-electron chi connectivity index (χ4n) is 2.86. The predicted molar refractivity (Wildman–Crippen MR) is 112 cm³/mol. The van der Waals surface area contributed by atoms with Crippen molar-refractivity contribution in [2.24, 2.45) is 0 Å². The van der Waals surface area contributed by atoms with Crippen LogP contribution in [0.4, 0.5) is 10.1 Å². The second-order valence-electron chi connectivity index (χ2n) is 6.48. The fraction of sp³-hybridized carbons (Fsp3) is 0.217. The topological polar surface area (TPSA) is 30.5 Å². The Morgan fingerprint density at radius 2 is 1.75 bits per heavy atom. The molecule has 0 aromatic heterocycles. The molecule has 3 nitrogen and oxygen atoms in total. The van der Waals surface area contributed by atoms with Crippen LogP contribution in [0.15, 0.2) is 60.7 Å². The monoisotopic (exact) mass is 399 g/mol. The first kappa shape index (κ1) is 20.0. The Hall–Kier alpha value is -2.72. The number of anilines is 1. The molecule has 0 amide bonds. The lowest BCUT2D eigenvalue weighted by Gasteiger charge is -2.16. The molecule has 5 heteroatoms. The van der Waals surface area contributed by atoms with Crippen LogP contribution < -0.4 is 14.8 Å². The minimum Gasteiger partial charge on any atom is -0.490 e. The summed E-state index contributed by atoms with van der Waals surface area (Å²) in [5.41, 5.74) is 4.02. The van der Waals surface area contributed by atoms with E-state index in [1.807, 2.05) is 44.2 Å². The van der Waals surface area contributed by atoms with Crippen LogP contribution in [0.25, 0.3) is 0 Å². The number of hydrogen-bond donors (Lipinski definition) is 1. The maximum absolute atomic E-state index is 13.0. The van der Waals surface area contributed by atoms with Gasteiger partial charge in [-0.05, 0) is 61.4 Å². The van der Waals surface area contributed by atoms with E-state index >= 15 is 0 Å². The Kier molecular flexibility index (Phi) is 6.77. The lowest BCUT2D eigenvalue weighted by molar-refractivity contribution is 0.269. The van der Waals surface area contributed by atoms with Crippen LogP contribution in [-0.4, -0.2) is 6.61 Å². The van der Waals surface area contributed by atoms with Crippen LogP contribution in [0.1, 0.15) is 23.6 Å². The lowest BCUT2D eigenvalue weighted by Crippen LogP contribution is -2.04. The van der Waals surface area contributed by atoms with Crippen LogP contribution in [-0.2, 0) is 13.2 Å². The van der Waals surface area contributed by atoms with Gasteiger partial charge in [0.15, 0.2) is 11.5 Å². The molecule has 0 aliphatic rings. The number of halogens is 2. The molecule has 0 spiro atoms. The van der Waals surface area contributed by atoms with Crippen molar-refractivity contribution in [3.05, 3.63) is 88.2 Å². The van der Waals surface area contributed by atoms with E-state index in [1.165, 1.54) is 17.7 Å². The van der Waals surface area contributed by atoms with E-state index in [9.17, 15) is 4.39 Å². The molecule has 0 bridgehead atoms. The highest BCUT2D eigenvalue weighted by Crippen LogP contribution is 2.37. The summed E-state index contributed by atoms with van der Waals surface area (Å²) in [6.45, 7) is 5.41. The van der Waals surface area contributed by atoms with Crippen molar-refractivity contribution in [2.45, 2.75) is 27.0 Å². The number of nitrogens with one attached hydrogen (secondary N) is 1. The third kappa shape index (κ3) is 5.40. The van der Waals surface area contributed by atoms with E-state index in [2.05, 4.69) is 11.4 Å². The molecule has 0 aliphatic heterocycles. The molecule has 146 valence electrons. The number of ether oxygens (including phenoxy) is 2. The van der Waals surface area contributed by atoms with Gasteiger partial charge in [0.2, 0.25) is 0 Å². The third-order valence-corrected chi connectivity index (χ3v) is 4.46. The molecular weight excluding hydrogens is 377 g/mol. The molecule has 0 fully saturated rings. The Balaban J connectivity index is 1.74. The molecule has 0 radical (unpaired) electrons. The van der Waals surface area contributed by atoms with Gasteiger partial charge in [-0.3, -0.25) is 0 Å². The van der Waals surface area contributed by atoms with E-state index in [0.717, 1.165) is 16.8 Å². The Bertz CT molecular complexity index is 928. The predicted octanol–water partition coefficient (Wildman–Crippen LogP) is 6.38. The van der Waals surface area contributed by atoms with Gasteiger partial charge in [-0.1, -0.05) is 41.4 Å². The second kappa shape index (κ2) is 9.47. The minimum absolute atomic E-state index is 0.262. The summed E-state index contributed by atoms with van der Waals surface area (Å²) < 4.78 is 24.8. The first-order chi connectivity index (χ1) is 13.5. The van der Waals surface area contributed by atoms with E-state index in [1.54, 1.807) is 12.1 Å².